The summed E-state index contributed by atoms with van der Waals surface area (Å²) in [6, 6.07) is 1.12. The Hall–Kier alpha value is -1.58. The van der Waals surface area contributed by atoms with Crippen molar-refractivity contribution in [2.24, 2.45) is 5.73 Å². The van der Waals surface area contributed by atoms with E-state index in [2.05, 4.69) is 0 Å². The van der Waals surface area contributed by atoms with E-state index < -0.39 is 37.4 Å². The molecule has 1 rings (SSSR count). The number of nitrogens with two attached hydrogens (primary N) is 1. The summed E-state index contributed by atoms with van der Waals surface area (Å²) in [5.74, 6) is -0.938. The smallest absolute Gasteiger partial charge is 0.276 e. The van der Waals surface area contributed by atoms with Crippen LogP contribution in [-0.2, 0) is 10.0 Å². The number of benzene rings is 1. The van der Waals surface area contributed by atoms with Gasteiger partial charge in [-0.05, 0) is 19.9 Å². The molecule has 7 nitrogen and oxygen atoms in total. The molecule has 0 spiro atoms. The van der Waals surface area contributed by atoms with Gasteiger partial charge >= 0.3 is 0 Å². The van der Waals surface area contributed by atoms with Crippen LogP contribution in [0.3, 0.4) is 0 Å². The van der Waals surface area contributed by atoms with Crippen molar-refractivity contribution in [3.63, 3.8) is 0 Å². The summed E-state index contributed by atoms with van der Waals surface area (Å²) in [6.45, 7) is 2.87. The number of sulfonamides is 1. The van der Waals surface area contributed by atoms with Gasteiger partial charge in [0, 0.05) is 25.7 Å². The third-order valence-corrected chi connectivity index (χ3v) is 5.08. The first-order valence-electron chi connectivity index (χ1n) is 5.75. The van der Waals surface area contributed by atoms with Gasteiger partial charge in [-0.1, -0.05) is 0 Å². The molecule has 0 fully saturated rings. The Bertz CT molecular complexity index is 633. The molecular weight excluding hydrogens is 289 g/mol. The van der Waals surface area contributed by atoms with Gasteiger partial charge in [-0.3, -0.25) is 10.1 Å². The topological polar surface area (TPSA) is 107 Å². The fourth-order valence-electron chi connectivity index (χ4n) is 1.53. The van der Waals surface area contributed by atoms with Crippen molar-refractivity contribution in [1.29, 1.82) is 0 Å². The lowest BCUT2D eigenvalue weighted by atomic mass is 10.2. The minimum atomic E-state index is -4.04. The Balaban J connectivity index is 3.44. The van der Waals surface area contributed by atoms with Crippen LogP contribution in [0.25, 0.3) is 0 Å². The van der Waals surface area contributed by atoms with Crippen LogP contribution >= 0.6 is 0 Å². The standard InChI is InChI=1S/C11H16FN3O4S/c1-7(6-13)14(3)20(18,19)9-4-10(12)8(2)11(5-9)15(16)17/h4-5,7H,6,13H2,1-3H3. The van der Waals surface area contributed by atoms with E-state index in [4.69, 9.17) is 5.73 Å². The van der Waals surface area contributed by atoms with E-state index in [1.54, 1.807) is 6.92 Å². The van der Waals surface area contributed by atoms with E-state index in [9.17, 15) is 22.9 Å². The van der Waals surface area contributed by atoms with Crippen molar-refractivity contribution in [2.75, 3.05) is 13.6 Å². The molecule has 0 aliphatic rings. The lowest BCUT2D eigenvalue weighted by Crippen LogP contribution is -2.39. The highest BCUT2D eigenvalue weighted by Crippen LogP contribution is 2.27. The SMILES string of the molecule is Cc1c(F)cc(S(=O)(=O)N(C)C(C)CN)cc1[N+](=O)[O-]. The number of hydrogen-bond acceptors (Lipinski definition) is 5. The molecule has 20 heavy (non-hydrogen) atoms. The van der Waals surface area contributed by atoms with Crippen molar-refractivity contribution in [3.8, 4) is 0 Å². The zero-order valence-electron chi connectivity index (χ0n) is 11.3. The van der Waals surface area contributed by atoms with Gasteiger partial charge in [-0.2, -0.15) is 4.31 Å². The predicted octanol–water partition coefficient (Wildman–Crippen LogP) is 1.01. The molecule has 112 valence electrons. The third-order valence-electron chi connectivity index (χ3n) is 3.13. The summed E-state index contributed by atoms with van der Waals surface area (Å²) in [5, 5.41) is 10.8. The molecule has 9 heteroatoms. The summed E-state index contributed by atoms with van der Waals surface area (Å²) < 4.78 is 39.1. The maximum Gasteiger partial charge on any atom is 0.276 e. The zero-order chi connectivity index (χ0) is 15.7. The molecule has 0 aliphatic carbocycles. The van der Waals surface area contributed by atoms with Crippen LogP contribution in [0, 0.1) is 22.9 Å². The summed E-state index contributed by atoms with van der Waals surface area (Å²) in [7, 11) is -2.75. The number of rotatable bonds is 5. The van der Waals surface area contributed by atoms with E-state index in [0.717, 1.165) is 16.4 Å². The summed E-state index contributed by atoms with van der Waals surface area (Å²) >= 11 is 0. The van der Waals surface area contributed by atoms with Crippen LogP contribution in [0.1, 0.15) is 12.5 Å². The van der Waals surface area contributed by atoms with Crippen LogP contribution in [0.2, 0.25) is 0 Å². The molecule has 0 radical (unpaired) electrons. The van der Waals surface area contributed by atoms with E-state index in [-0.39, 0.29) is 12.1 Å². The van der Waals surface area contributed by atoms with Crippen LogP contribution in [-0.4, -0.2) is 37.3 Å². The number of hydrogen-bond donors (Lipinski definition) is 1. The van der Waals surface area contributed by atoms with Crippen LogP contribution in [0.15, 0.2) is 17.0 Å². The van der Waals surface area contributed by atoms with Crippen molar-refractivity contribution in [3.05, 3.63) is 33.6 Å². The van der Waals surface area contributed by atoms with E-state index in [1.165, 1.54) is 14.0 Å². The van der Waals surface area contributed by atoms with E-state index >= 15 is 0 Å². The molecule has 0 heterocycles. The first-order chi connectivity index (χ1) is 9.12. The van der Waals surface area contributed by atoms with Crippen molar-refractivity contribution < 1.29 is 17.7 Å². The first kappa shape index (κ1) is 16.5. The quantitative estimate of drug-likeness (QED) is 0.645. The van der Waals surface area contributed by atoms with Gasteiger partial charge in [0.15, 0.2) is 0 Å². The molecular formula is C11H16FN3O4S. The Kier molecular flexibility index (Phi) is 4.79. The van der Waals surface area contributed by atoms with Gasteiger partial charge in [-0.25, -0.2) is 12.8 Å². The highest BCUT2D eigenvalue weighted by Gasteiger charge is 2.28. The Labute approximate surface area is 116 Å². The van der Waals surface area contributed by atoms with E-state index in [1.807, 2.05) is 0 Å². The van der Waals surface area contributed by atoms with Crippen LogP contribution in [0.5, 0.6) is 0 Å². The number of halogens is 1. The van der Waals surface area contributed by atoms with Crippen molar-refractivity contribution >= 4 is 15.7 Å². The fraction of sp³-hybridized carbons (Fsp3) is 0.455. The van der Waals surface area contributed by atoms with Gasteiger partial charge in [0.1, 0.15) is 5.82 Å². The minimum Gasteiger partial charge on any atom is -0.329 e. The number of nitrogens with zero attached hydrogens (tertiary/aromatic N) is 2. The maximum absolute atomic E-state index is 13.7. The van der Waals surface area contributed by atoms with Gasteiger partial charge < -0.3 is 5.73 Å². The third kappa shape index (κ3) is 2.94. The summed E-state index contributed by atoms with van der Waals surface area (Å²) in [5.41, 5.74) is 4.61. The maximum atomic E-state index is 13.7. The normalized spacial score (nSPS) is 13.5. The minimum absolute atomic E-state index is 0.0756. The molecule has 1 aromatic carbocycles. The second-order valence-electron chi connectivity index (χ2n) is 4.41. The number of likely N-dealkylation sites (N-methyl/N-ethyl adjacent to an activating group) is 1. The molecule has 2 N–H and O–H groups in total. The van der Waals surface area contributed by atoms with Crippen molar-refractivity contribution in [2.45, 2.75) is 24.8 Å². The number of nitro groups is 1. The number of nitro benzene ring substituents is 1. The molecule has 0 bridgehead atoms. The highest BCUT2D eigenvalue weighted by atomic mass is 32.2. The predicted molar refractivity (Wildman–Crippen MR) is 71.3 cm³/mol. The molecule has 1 aromatic rings. The average molecular weight is 305 g/mol. The molecule has 0 saturated carbocycles. The monoisotopic (exact) mass is 305 g/mol. The molecule has 1 unspecified atom stereocenters. The molecule has 0 aliphatic heterocycles. The van der Waals surface area contributed by atoms with Crippen LogP contribution in [0.4, 0.5) is 10.1 Å². The average Bonchev–Trinajstić information content (AvgIpc) is 2.39. The second kappa shape index (κ2) is 5.81. The Morgan fingerprint density at radius 1 is 1.50 bits per heavy atom. The van der Waals surface area contributed by atoms with Gasteiger partial charge in [0.05, 0.1) is 15.4 Å². The zero-order valence-corrected chi connectivity index (χ0v) is 12.1. The molecule has 0 aromatic heterocycles. The molecule has 1 atom stereocenters. The van der Waals surface area contributed by atoms with Gasteiger partial charge in [0.2, 0.25) is 10.0 Å². The lowest BCUT2D eigenvalue weighted by Gasteiger charge is -2.23. The van der Waals surface area contributed by atoms with E-state index in [0.29, 0.717) is 0 Å². The fourth-order valence-corrected chi connectivity index (χ4v) is 2.94. The Morgan fingerprint density at radius 3 is 2.50 bits per heavy atom. The van der Waals surface area contributed by atoms with Gasteiger partial charge in [0.25, 0.3) is 5.69 Å². The first-order valence-corrected chi connectivity index (χ1v) is 7.19. The largest absolute Gasteiger partial charge is 0.329 e. The summed E-state index contributed by atoms with van der Waals surface area (Å²) in [4.78, 5) is 9.54. The van der Waals surface area contributed by atoms with Crippen LogP contribution < -0.4 is 5.73 Å². The van der Waals surface area contributed by atoms with Crippen molar-refractivity contribution in [1.82, 2.24) is 4.31 Å². The highest BCUT2D eigenvalue weighted by molar-refractivity contribution is 7.89. The lowest BCUT2D eigenvalue weighted by molar-refractivity contribution is -0.385. The Morgan fingerprint density at radius 2 is 2.05 bits per heavy atom. The molecule has 0 amide bonds. The second-order valence-corrected chi connectivity index (χ2v) is 6.41. The van der Waals surface area contributed by atoms with Gasteiger partial charge in [-0.15, -0.1) is 0 Å². The molecule has 0 saturated heterocycles. The summed E-state index contributed by atoms with van der Waals surface area (Å²) in [6.07, 6.45) is 0.